The number of rotatable bonds is 27. The van der Waals surface area contributed by atoms with Gasteiger partial charge in [0, 0.05) is 61.5 Å². The number of amides is 2. The van der Waals surface area contributed by atoms with E-state index in [1.54, 1.807) is 42.5 Å². The maximum absolute atomic E-state index is 13.8. The van der Waals surface area contributed by atoms with Crippen molar-refractivity contribution in [3.63, 3.8) is 0 Å². The van der Waals surface area contributed by atoms with Gasteiger partial charge < -0.3 is 39.2 Å². The molecule has 0 aliphatic rings. The first-order chi connectivity index (χ1) is 37.2. The van der Waals surface area contributed by atoms with Gasteiger partial charge in [-0.2, -0.15) is 0 Å². The molecular formula is C58H65N7O11Si. The van der Waals surface area contributed by atoms with E-state index in [1.807, 2.05) is 74.5 Å². The number of carbonyl (C=O) groups excluding carboxylic acids is 3. The summed E-state index contributed by atoms with van der Waals surface area (Å²) in [5, 5.41) is 30.1. The highest BCUT2D eigenvalue weighted by Gasteiger charge is 2.50. The van der Waals surface area contributed by atoms with Gasteiger partial charge in [-0.1, -0.05) is 106 Å². The molecule has 19 heteroatoms. The molecule has 2 heterocycles. The molecule has 7 aromatic rings. The van der Waals surface area contributed by atoms with Crippen molar-refractivity contribution in [2.75, 3.05) is 68.1 Å². The topological polar surface area (TPSA) is 230 Å². The van der Waals surface area contributed by atoms with Crippen molar-refractivity contribution in [1.82, 2.24) is 15.6 Å². The van der Waals surface area contributed by atoms with Crippen molar-refractivity contribution in [3.8, 4) is 0 Å². The van der Waals surface area contributed by atoms with Crippen molar-refractivity contribution in [1.29, 1.82) is 0 Å². The summed E-state index contributed by atoms with van der Waals surface area (Å²) < 4.78 is 28.7. The lowest BCUT2D eigenvalue weighted by atomic mass is 10.1. The number of nitrogens with one attached hydrogen (secondary N) is 3. The van der Waals surface area contributed by atoms with E-state index >= 15 is 0 Å². The SMILES string of the molecule is CCN(CC)c1ccc2cc(C(=O)NCCOCCOC(=O)C(C=Cc3ccc(NC(=O)CCCCCNc4ccc([N+](=O)[O-])c5nonc45)cc3)=CCO[Si](c3ccccc3)(c3ccccc3)C(C)(C)C)c(=O)oc2c1. The largest absolute Gasteiger partial charge is 0.460 e. The third-order valence-electron chi connectivity index (χ3n) is 13.0. The Balaban J connectivity index is 0.936. The summed E-state index contributed by atoms with van der Waals surface area (Å²) >= 11 is 0. The Bertz CT molecular complexity index is 3200. The second kappa shape index (κ2) is 27.0. The van der Waals surface area contributed by atoms with Gasteiger partial charge in [0.05, 0.1) is 36.0 Å². The molecule has 0 aliphatic carbocycles. The Labute approximate surface area is 447 Å². The Hall–Kier alpha value is -8.26. The molecule has 3 N–H and O–H groups in total. The van der Waals surface area contributed by atoms with Crippen LogP contribution in [0.1, 0.15) is 76.2 Å². The van der Waals surface area contributed by atoms with Gasteiger partial charge >= 0.3 is 17.3 Å². The van der Waals surface area contributed by atoms with E-state index < -0.39 is 30.7 Å². The molecule has 2 amide bonds. The molecule has 5 aromatic carbocycles. The number of hydrogen-bond donors (Lipinski definition) is 3. The number of fused-ring (bicyclic) bond motifs is 2. The predicted octanol–water partition coefficient (Wildman–Crippen LogP) is 9.20. The zero-order valence-corrected chi connectivity index (χ0v) is 45.0. The van der Waals surface area contributed by atoms with Gasteiger partial charge in [0.2, 0.25) is 11.4 Å². The third kappa shape index (κ3) is 14.6. The third-order valence-corrected chi connectivity index (χ3v) is 18.0. The number of unbranched alkanes of at least 4 members (excludes halogenated alkanes) is 2. The fourth-order valence-electron chi connectivity index (χ4n) is 9.03. The minimum Gasteiger partial charge on any atom is -0.460 e. The average Bonchev–Trinajstić information content (AvgIpc) is 3.99. The van der Waals surface area contributed by atoms with Gasteiger partial charge in [0.25, 0.3) is 14.2 Å². The van der Waals surface area contributed by atoms with E-state index in [2.05, 4.69) is 76.2 Å². The number of non-ortho nitro benzene ring substituents is 1. The lowest BCUT2D eigenvalue weighted by Crippen LogP contribution is -2.66. The number of aromatic nitrogens is 2. The van der Waals surface area contributed by atoms with Crippen LogP contribution in [0.4, 0.5) is 22.7 Å². The Kier molecular flexibility index (Phi) is 19.8. The van der Waals surface area contributed by atoms with Crippen LogP contribution in [0, 0.1) is 10.1 Å². The summed E-state index contributed by atoms with van der Waals surface area (Å²) in [5.41, 5.74) is 2.89. The predicted molar refractivity (Wildman–Crippen MR) is 301 cm³/mol. The second-order valence-electron chi connectivity index (χ2n) is 19.1. The molecule has 0 fully saturated rings. The average molecular weight is 1060 g/mol. The molecule has 0 saturated heterocycles. The molecule has 77 heavy (non-hydrogen) atoms. The van der Waals surface area contributed by atoms with Crippen LogP contribution >= 0.6 is 0 Å². The van der Waals surface area contributed by atoms with Crippen molar-refractivity contribution in [2.24, 2.45) is 0 Å². The molecule has 18 nitrogen and oxygen atoms in total. The number of nitro benzene ring substituents is 1. The van der Waals surface area contributed by atoms with Gasteiger partial charge in [-0.15, -0.1) is 0 Å². The molecule has 0 atom stereocenters. The van der Waals surface area contributed by atoms with E-state index in [4.69, 9.17) is 22.9 Å². The maximum atomic E-state index is 13.8. The summed E-state index contributed by atoms with van der Waals surface area (Å²) in [7, 11) is -2.95. The number of hydrogen-bond acceptors (Lipinski definition) is 15. The fraction of sp³-hybridized carbons (Fsp3) is 0.310. The Morgan fingerprint density at radius 1 is 0.805 bits per heavy atom. The smallest absolute Gasteiger partial charge is 0.349 e. The van der Waals surface area contributed by atoms with Gasteiger partial charge in [-0.3, -0.25) is 19.7 Å². The van der Waals surface area contributed by atoms with Crippen molar-refractivity contribution in [3.05, 3.63) is 171 Å². The van der Waals surface area contributed by atoms with Crippen LogP contribution in [0.2, 0.25) is 5.04 Å². The van der Waals surface area contributed by atoms with Crippen LogP contribution < -0.4 is 36.8 Å². The summed E-state index contributed by atoms with van der Waals surface area (Å²) in [4.78, 5) is 65.4. The number of anilines is 3. The van der Waals surface area contributed by atoms with Crippen LogP contribution in [-0.2, 0) is 23.5 Å². The van der Waals surface area contributed by atoms with E-state index in [0.29, 0.717) is 41.7 Å². The fourth-order valence-corrected chi connectivity index (χ4v) is 13.5. The Morgan fingerprint density at radius 3 is 2.18 bits per heavy atom. The highest BCUT2D eigenvalue weighted by molar-refractivity contribution is 6.99. The lowest BCUT2D eigenvalue weighted by molar-refractivity contribution is -0.383. The lowest BCUT2D eigenvalue weighted by Gasteiger charge is -2.42. The number of benzene rings is 5. The zero-order chi connectivity index (χ0) is 54.8. The number of ether oxygens (including phenoxy) is 2. The van der Waals surface area contributed by atoms with Crippen LogP contribution in [-0.4, -0.2) is 93.9 Å². The van der Waals surface area contributed by atoms with Gasteiger partial charge in [-0.05, 0) is 107 Å². The standard InChI is InChI=1S/C58H65N7O11Si/c1-6-64(7-2)45-29-26-43-39-48(57(69)75-51(43)40-45)55(67)60-34-36-72-37-38-73-56(68)42(32-35-74-77(58(3,4)5,46-17-11-8-12-18-46)47-19-13-9-14-20-47)25-22-41-23-27-44(28-24-41)61-52(66)21-15-10-16-33-59-49-30-31-50(65(70)71)54-53(49)62-76-63-54/h8-9,11-14,17-20,22-32,39-40,59H,6-7,10,15-16,21,33-38H2,1-5H3,(H,60,67)(H,61,66). The van der Waals surface area contributed by atoms with Crippen molar-refractivity contribution < 1.29 is 42.3 Å². The number of carbonyl (C=O) groups is 3. The summed E-state index contributed by atoms with van der Waals surface area (Å²) in [6, 6.07) is 37.7. The Morgan fingerprint density at radius 2 is 1.51 bits per heavy atom. The number of nitro groups is 1. The van der Waals surface area contributed by atoms with E-state index in [9.17, 15) is 29.3 Å². The molecule has 0 spiro atoms. The minimum atomic E-state index is -2.95. The quantitative estimate of drug-likeness (QED) is 0.00637. The van der Waals surface area contributed by atoms with Gasteiger partial charge in [0.1, 0.15) is 17.8 Å². The van der Waals surface area contributed by atoms with Crippen molar-refractivity contribution >= 4 is 87.3 Å². The molecular weight excluding hydrogens is 999 g/mol. The first-order valence-corrected chi connectivity index (χ1v) is 27.7. The minimum absolute atomic E-state index is 0.0461. The van der Waals surface area contributed by atoms with E-state index in [0.717, 1.165) is 47.6 Å². The second-order valence-corrected chi connectivity index (χ2v) is 23.4. The molecule has 2 aromatic heterocycles. The summed E-state index contributed by atoms with van der Waals surface area (Å²) in [5.74, 6) is -1.31. The molecule has 0 saturated carbocycles. The number of esters is 1. The molecule has 0 unspecified atom stereocenters. The summed E-state index contributed by atoms with van der Waals surface area (Å²) in [6.45, 7) is 13.1. The van der Waals surface area contributed by atoms with Crippen LogP contribution in [0.3, 0.4) is 0 Å². The van der Waals surface area contributed by atoms with Gasteiger partial charge in [-0.25, -0.2) is 14.2 Å². The van der Waals surface area contributed by atoms with Crippen LogP contribution in [0.15, 0.2) is 153 Å². The van der Waals surface area contributed by atoms with Crippen molar-refractivity contribution in [2.45, 2.75) is 65.3 Å². The first kappa shape index (κ1) is 56.5. The highest BCUT2D eigenvalue weighted by Crippen LogP contribution is 2.37. The molecule has 0 bridgehead atoms. The zero-order valence-electron chi connectivity index (χ0n) is 44.0. The van der Waals surface area contributed by atoms with E-state index in [1.165, 1.54) is 12.1 Å². The molecule has 402 valence electrons. The monoisotopic (exact) mass is 1060 g/mol. The summed E-state index contributed by atoms with van der Waals surface area (Å²) in [6.07, 6.45) is 7.67. The van der Waals surface area contributed by atoms with Gasteiger partial charge in [0.15, 0.2) is 5.52 Å². The van der Waals surface area contributed by atoms with Crippen LogP contribution in [0.5, 0.6) is 0 Å². The van der Waals surface area contributed by atoms with Crippen LogP contribution in [0.25, 0.3) is 28.1 Å². The highest BCUT2D eigenvalue weighted by atomic mass is 28.4. The first-order valence-electron chi connectivity index (χ1n) is 25.7. The normalized spacial score (nSPS) is 12.0. The van der Waals surface area contributed by atoms with E-state index in [-0.39, 0.29) is 71.8 Å². The maximum Gasteiger partial charge on any atom is 0.349 e. The molecule has 7 rings (SSSR count). The molecule has 0 aliphatic heterocycles. The number of nitrogens with zero attached hydrogens (tertiary/aromatic N) is 4. The molecule has 0 radical (unpaired) electrons.